The summed E-state index contributed by atoms with van der Waals surface area (Å²) in [4.78, 5) is 21.6. The number of rotatable bonds is 7. The van der Waals surface area contributed by atoms with Gasteiger partial charge in [-0.2, -0.15) is 0 Å². The number of benzene rings is 2. The number of methoxy groups -OCH3 is 2. The lowest BCUT2D eigenvalue weighted by Crippen LogP contribution is -2.36. The van der Waals surface area contributed by atoms with Crippen LogP contribution in [0.3, 0.4) is 0 Å². The van der Waals surface area contributed by atoms with Crippen LogP contribution >= 0.6 is 0 Å². The van der Waals surface area contributed by atoms with Crippen molar-refractivity contribution in [3.63, 3.8) is 0 Å². The Kier molecular flexibility index (Phi) is 7.59. The number of aromatic nitrogens is 1. The van der Waals surface area contributed by atoms with Gasteiger partial charge in [-0.25, -0.2) is 4.99 Å². The van der Waals surface area contributed by atoms with E-state index in [1.165, 1.54) is 5.56 Å². The van der Waals surface area contributed by atoms with E-state index in [1.54, 1.807) is 50.7 Å². The van der Waals surface area contributed by atoms with Crippen molar-refractivity contribution < 1.29 is 14.3 Å². The molecule has 2 N–H and O–H groups in total. The van der Waals surface area contributed by atoms with Gasteiger partial charge in [-0.1, -0.05) is 25.1 Å². The van der Waals surface area contributed by atoms with Crippen molar-refractivity contribution in [3.8, 4) is 11.5 Å². The summed E-state index contributed by atoms with van der Waals surface area (Å²) in [7, 11) is 3.16. The number of nitrogens with zero attached hydrogens (tertiary/aromatic N) is 2. The number of anilines is 1. The van der Waals surface area contributed by atoms with Crippen LogP contribution in [-0.4, -0.2) is 31.1 Å². The molecule has 1 amide bonds. The molecular formula is C24H26N4O3. The van der Waals surface area contributed by atoms with Gasteiger partial charge in [0.15, 0.2) is 0 Å². The van der Waals surface area contributed by atoms with Gasteiger partial charge >= 0.3 is 0 Å². The molecule has 7 heteroatoms. The highest BCUT2D eigenvalue weighted by atomic mass is 16.5. The van der Waals surface area contributed by atoms with E-state index in [-0.39, 0.29) is 5.91 Å². The molecule has 2 aromatic carbocycles. The first kappa shape index (κ1) is 21.8. The molecule has 3 rings (SSSR count). The lowest BCUT2D eigenvalue weighted by molar-refractivity contribution is 0.0977. The molecule has 0 fully saturated rings. The van der Waals surface area contributed by atoms with Crippen LogP contribution in [0.4, 0.5) is 5.69 Å². The molecule has 1 aromatic heterocycles. The average molecular weight is 418 g/mol. The lowest BCUT2D eigenvalue weighted by atomic mass is 10.1. The van der Waals surface area contributed by atoms with Crippen LogP contribution in [0.1, 0.15) is 28.5 Å². The number of amides is 1. The van der Waals surface area contributed by atoms with E-state index in [0.29, 0.717) is 35.3 Å². The third kappa shape index (κ3) is 6.30. The molecule has 0 atom stereocenters. The fourth-order valence-electron chi connectivity index (χ4n) is 2.85. The van der Waals surface area contributed by atoms with E-state index in [1.807, 2.05) is 30.3 Å². The van der Waals surface area contributed by atoms with E-state index in [4.69, 9.17) is 9.47 Å². The molecule has 0 unspecified atom stereocenters. The molecule has 0 spiro atoms. The quantitative estimate of drug-likeness (QED) is 0.446. The Hall–Kier alpha value is -3.87. The largest absolute Gasteiger partial charge is 0.497 e. The van der Waals surface area contributed by atoms with Gasteiger partial charge < -0.3 is 14.8 Å². The molecule has 0 aliphatic carbocycles. The maximum absolute atomic E-state index is 12.8. The lowest BCUT2D eigenvalue weighted by Gasteiger charge is -2.14. The van der Waals surface area contributed by atoms with Crippen LogP contribution in [0.2, 0.25) is 0 Å². The fraction of sp³-hybridized carbons (Fsp3) is 0.208. The average Bonchev–Trinajstić information content (AvgIpc) is 2.82. The minimum Gasteiger partial charge on any atom is -0.497 e. The van der Waals surface area contributed by atoms with Gasteiger partial charge in [0.2, 0.25) is 5.96 Å². The van der Waals surface area contributed by atoms with Crippen LogP contribution in [0.15, 0.2) is 71.9 Å². The van der Waals surface area contributed by atoms with E-state index < -0.39 is 0 Å². The third-order valence-corrected chi connectivity index (χ3v) is 4.60. The molecule has 3 aromatic rings. The van der Waals surface area contributed by atoms with Crippen molar-refractivity contribution in [2.75, 3.05) is 19.5 Å². The van der Waals surface area contributed by atoms with Crippen molar-refractivity contribution in [3.05, 3.63) is 83.7 Å². The number of carbonyl (C=O) groups is 1. The summed E-state index contributed by atoms with van der Waals surface area (Å²) >= 11 is 0. The van der Waals surface area contributed by atoms with Crippen molar-refractivity contribution in [2.24, 2.45) is 4.99 Å². The maximum atomic E-state index is 12.8. The zero-order valence-electron chi connectivity index (χ0n) is 17.9. The molecule has 7 nitrogen and oxygen atoms in total. The van der Waals surface area contributed by atoms with Crippen molar-refractivity contribution in [2.45, 2.75) is 19.9 Å². The topological polar surface area (TPSA) is 84.8 Å². The monoisotopic (exact) mass is 418 g/mol. The highest BCUT2D eigenvalue weighted by Gasteiger charge is 2.11. The number of guanidine groups is 1. The minimum atomic E-state index is -0.259. The number of nitrogens with one attached hydrogen (secondary N) is 2. The Labute approximate surface area is 182 Å². The van der Waals surface area contributed by atoms with Gasteiger partial charge in [-0.05, 0) is 36.2 Å². The predicted molar refractivity (Wildman–Crippen MR) is 122 cm³/mol. The number of ether oxygens (including phenoxy) is 2. The summed E-state index contributed by atoms with van der Waals surface area (Å²) in [5.74, 6) is 1.27. The summed E-state index contributed by atoms with van der Waals surface area (Å²) in [5, 5.41) is 6.01. The Bertz CT molecular complexity index is 1010. The Morgan fingerprint density at radius 1 is 1.00 bits per heavy atom. The molecule has 160 valence electrons. The molecule has 0 saturated carbocycles. The number of aliphatic imine (C=N–C) groups is 1. The molecule has 0 saturated heterocycles. The van der Waals surface area contributed by atoms with Crippen molar-refractivity contribution >= 4 is 17.6 Å². The Morgan fingerprint density at radius 2 is 1.71 bits per heavy atom. The second-order valence-corrected chi connectivity index (χ2v) is 6.72. The highest BCUT2D eigenvalue weighted by molar-refractivity contribution is 6.10. The number of aryl methyl sites for hydroxylation is 1. The van der Waals surface area contributed by atoms with E-state index >= 15 is 0 Å². The summed E-state index contributed by atoms with van der Waals surface area (Å²) in [6.07, 6.45) is 2.62. The van der Waals surface area contributed by atoms with Gasteiger partial charge in [0.05, 0.1) is 26.5 Å². The minimum absolute atomic E-state index is 0.259. The second-order valence-electron chi connectivity index (χ2n) is 6.72. The van der Waals surface area contributed by atoms with Gasteiger partial charge in [-0.3, -0.25) is 15.1 Å². The molecule has 0 bridgehead atoms. The number of hydrogen-bond donors (Lipinski definition) is 2. The summed E-state index contributed by atoms with van der Waals surface area (Å²) < 4.78 is 10.6. The summed E-state index contributed by atoms with van der Waals surface area (Å²) in [5.41, 5.74) is 3.17. The van der Waals surface area contributed by atoms with Gasteiger partial charge in [0.25, 0.3) is 5.91 Å². The molecule has 0 aliphatic rings. The smallest absolute Gasteiger partial charge is 0.257 e. The summed E-state index contributed by atoms with van der Waals surface area (Å²) in [6, 6.07) is 18.5. The number of pyridine rings is 1. The van der Waals surface area contributed by atoms with E-state index in [9.17, 15) is 4.79 Å². The standard InChI is InChI=1S/C24H26N4O3/c1-4-17-8-10-18(11-9-17)23(29)28-24(26-16-19-7-5-6-12-25-19)27-20-13-21(30-2)15-22(14-20)31-3/h5-15H,4,16H2,1-3H3,(H2,26,27,28,29). The van der Waals surface area contributed by atoms with Gasteiger partial charge in [0.1, 0.15) is 11.5 Å². The molecule has 0 aliphatic heterocycles. The third-order valence-electron chi connectivity index (χ3n) is 4.60. The second kappa shape index (κ2) is 10.8. The predicted octanol–water partition coefficient (Wildman–Crippen LogP) is 4.06. The van der Waals surface area contributed by atoms with Crippen molar-refractivity contribution in [1.29, 1.82) is 0 Å². The van der Waals surface area contributed by atoms with E-state index in [2.05, 4.69) is 27.5 Å². The molecule has 0 radical (unpaired) electrons. The SMILES string of the molecule is CCc1ccc(C(=O)NC(=NCc2ccccn2)Nc2cc(OC)cc(OC)c2)cc1. The molecule has 1 heterocycles. The van der Waals surface area contributed by atoms with Gasteiger partial charge in [-0.15, -0.1) is 0 Å². The summed E-state index contributed by atoms with van der Waals surface area (Å²) in [6.45, 7) is 2.38. The van der Waals surface area contributed by atoms with E-state index in [0.717, 1.165) is 12.1 Å². The van der Waals surface area contributed by atoms with Crippen molar-refractivity contribution in [1.82, 2.24) is 10.3 Å². The molecular weight excluding hydrogens is 392 g/mol. The Balaban J connectivity index is 1.84. The maximum Gasteiger partial charge on any atom is 0.257 e. The fourth-order valence-corrected chi connectivity index (χ4v) is 2.85. The zero-order chi connectivity index (χ0) is 22.1. The Morgan fingerprint density at radius 3 is 2.29 bits per heavy atom. The van der Waals surface area contributed by atoms with Gasteiger partial charge in [0, 0.05) is 35.6 Å². The highest BCUT2D eigenvalue weighted by Crippen LogP contribution is 2.25. The molecule has 31 heavy (non-hydrogen) atoms. The van der Waals surface area contributed by atoms with Crippen LogP contribution < -0.4 is 20.1 Å². The van der Waals surface area contributed by atoms with Crippen LogP contribution in [0.5, 0.6) is 11.5 Å². The zero-order valence-corrected chi connectivity index (χ0v) is 17.9. The van der Waals surface area contributed by atoms with Crippen LogP contribution in [0.25, 0.3) is 0 Å². The van der Waals surface area contributed by atoms with Crippen LogP contribution in [-0.2, 0) is 13.0 Å². The first-order chi connectivity index (χ1) is 15.1. The number of hydrogen-bond acceptors (Lipinski definition) is 5. The first-order valence-electron chi connectivity index (χ1n) is 9.96. The first-order valence-corrected chi connectivity index (χ1v) is 9.96. The normalized spacial score (nSPS) is 11.0. The van der Waals surface area contributed by atoms with Crippen LogP contribution in [0, 0.1) is 0 Å². The number of carbonyl (C=O) groups excluding carboxylic acids is 1.